The molecule has 3 fully saturated rings. The number of carbonyl (C=O) groups excluding carboxylic acids is 3. The van der Waals surface area contributed by atoms with Crippen LogP contribution in [0.5, 0.6) is 0 Å². The summed E-state index contributed by atoms with van der Waals surface area (Å²) in [6, 6.07) is 10.4. The Morgan fingerprint density at radius 2 is 1.77 bits per heavy atom. The molecule has 0 N–H and O–H groups in total. The minimum atomic E-state index is -0.746. The largest absolute Gasteiger partial charge is 0.453 e. The van der Waals surface area contributed by atoms with Gasteiger partial charge in [0.15, 0.2) is 5.60 Å². The number of likely N-dealkylation sites (tertiary alicyclic amines) is 2. The lowest BCUT2D eigenvalue weighted by Gasteiger charge is -2.31. The number of nitrogens with zero attached hydrogens (tertiary/aromatic N) is 3. The molecule has 4 aliphatic rings. The number of piperidine rings is 1. The van der Waals surface area contributed by atoms with Crippen molar-refractivity contribution in [3.8, 4) is 0 Å². The predicted octanol–water partition coefficient (Wildman–Crippen LogP) is 3.36. The molecule has 2 amide bonds. The van der Waals surface area contributed by atoms with E-state index in [9.17, 15) is 14.4 Å². The number of hydrogen-bond acceptors (Lipinski definition) is 6. The maximum Gasteiger partial charge on any atom is 0.409 e. The van der Waals surface area contributed by atoms with Crippen LogP contribution in [0.4, 0.5) is 4.79 Å². The van der Waals surface area contributed by atoms with Crippen molar-refractivity contribution in [2.75, 3.05) is 33.3 Å². The van der Waals surface area contributed by atoms with Gasteiger partial charge in [-0.3, -0.25) is 9.78 Å². The third-order valence-corrected chi connectivity index (χ3v) is 8.36. The molecule has 1 aromatic carbocycles. The molecule has 4 heterocycles. The molecule has 35 heavy (non-hydrogen) atoms. The average Bonchev–Trinajstić information content (AvgIpc) is 3.54. The molecule has 0 radical (unpaired) electrons. The van der Waals surface area contributed by atoms with E-state index in [0.29, 0.717) is 44.1 Å². The number of benzene rings is 1. The normalized spacial score (nSPS) is 24.9. The van der Waals surface area contributed by atoms with Gasteiger partial charge in [0.2, 0.25) is 5.91 Å². The number of fused-ring (bicyclic) bond motifs is 2. The summed E-state index contributed by atoms with van der Waals surface area (Å²) in [4.78, 5) is 45.5. The quantitative estimate of drug-likeness (QED) is 0.633. The van der Waals surface area contributed by atoms with Gasteiger partial charge in [-0.05, 0) is 48.8 Å². The van der Waals surface area contributed by atoms with Crippen molar-refractivity contribution in [1.29, 1.82) is 0 Å². The summed E-state index contributed by atoms with van der Waals surface area (Å²) in [6.07, 6.45) is 7.08. The summed E-state index contributed by atoms with van der Waals surface area (Å²) < 4.78 is 10.6. The number of ether oxygens (including phenoxy) is 2. The van der Waals surface area contributed by atoms with Crippen LogP contribution in [0.3, 0.4) is 0 Å². The Kier molecular flexibility index (Phi) is 5.09. The molecular formula is C27H29N3O5. The Hall–Kier alpha value is -3.42. The highest BCUT2D eigenvalue weighted by Gasteiger charge is 2.57. The molecule has 6 rings (SSSR count). The first kappa shape index (κ1) is 22.1. The highest BCUT2D eigenvalue weighted by Crippen LogP contribution is 2.52. The minimum Gasteiger partial charge on any atom is -0.453 e. The Balaban J connectivity index is 1.15. The summed E-state index contributed by atoms with van der Waals surface area (Å²) in [5, 5.41) is 0. The van der Waals surface area contributed by atoms with Gasteiger partial charge in [0.25, 0.3) is 0 Å². The maximum atomic E-state index is 13.7. The smallest absolute Gasteiger partial charge is 0.409 e. The van der Waals surface area contributed by atoms with E-state index >= 15 is 0 Å². The first-order chi connectivity index (χ1) is 17.0. The van der Waals surface area contributed by atoms with Crippen molar-refractivity contribution in [2.24, 2.45) is 0 Å². The lowest BCUT2D eigenvalue weighted by Crippen LogP contribution is -2.40. The SMILES string of the molecule is COC(=O)N1CCC(c2ccc(C3(C(=O)N4CC[C@@]5(C4)OC(=O)c4cnccc45)CC3)cc2)CC1. The van der Waals surface area contributed by atoms with Gasteiger partial charge in [0.1, 0.15) is 0 Å². The number of aromatic nitrogens is 1. The van der Waals surface area contributed by atoms with E-state index < -0.39 is 11.0 Å². The molecule has 2 saturated heterocycles. The van der Waals surface area contributed by atoms with Crippen LogP contribution < -0.4 is 0 Å². The van der Waals surface area contributed by atoms with Crippen molar-refractivity contribution in [2.45, 2.75) is 49.0 Å². The summed E-state index contributed by atoms with van der Waals surface area (Å²) in [5.74, 6) is 0.185. The van der Waals surface area contributed by atoms with Crippen LogP contribution in [-0.4, -0.2) is 66.0 Å². The lowest BCUT2D eigenvalue weighted by molar-refractivity contribution is -0.134. The minimum absolute atomic E-state index is 0.132. The molecular weight excluding hydrogens is 446 g/mol. The van der Waals surface area contributed by atoms with Gasteiger partial charge >= 0.3 is 12.1 Å². The van der Waals surface area contributed by atoms with Gasteiger partial charge < -0.3 is 19.3 Å². The monoisotopic (exact) mass is 475 g/mol. The Morgan fingerprint density at radius 1 is 1.03 bits per heavy atom. The zero-order valence-corrected chi connectivity index (χ0v) is 19.9. The summed E-state index contributed by atoms with van der Waals surface area (Å²) in [7, 11) is 1.42. The fourth-order valence-corrected chi connectivity index (χ4v) is 6.15. The third kappa shape index (κ3) is 3.49. The fraction of sp³-hybridized carbons (Fsp3) is 0.481. The van der Waals surface area contributed by atoms with Crippen molar-refractivity contribution in [3.63, 3.8) is 0 Å². The Bertz CT molecular complexity index is 1180. The van der Waals surface area contributed by atoms with Crippen molar-refractivity contribution in [1.82, 2.24) is 14.8 Å². The number of amides is 2. The predicted molar refractivity (Wildman–Crippen MR) is 126 cm³/mol. The first-order valence-electron chi connectivity index (χ1n) is 12.4. The van der Waals surface area contributed by atoms with E-state index in [1.165, 1.54) is 12.7 Å². The van der Waals surface area contributed by atoms with Crippen LogP contribution in [0, 0.1) is 0 Å². The van der Waals surface area contributed by atoms with Gasteiger partial charge in [-0.1, -0.05) is 24.3 Å². The van der Waals surface area contributed by atoms with E-state index in [2.05, 4.69) is 29.2 Å². The number of hydrogen-bond donors (Lipinski definition) is 0. The van der Waals surface area contributed by atoms with Crippen LogP contribution >= 0.6 is 0 Å². The lowest BCUT2D eigenvalue weighted by atomic mass is 9.86. The van der Waals surface area contributed by atoms with Crippen molar-refractivity contribution in [3.05, 3.63) is 65.0 Å². The van der Waals surface area contributed by atoms with Crippen LogP contribution in [0.1, 0.15) is 65.1 Å². The van der Waals surface area contributed by atoms with Gasteiger partial charge in [0.05, 0.1) is 24.6 Å². The molecule has 1 aliphatic carbocycles. The summed E-state index contributed by atoms with van der Waals surface area (Å²) in [5.41, 5.74) is 2.46. The van der Waals surface area contributed by atoms with E-state index in [-0.39, 0.29) is 18.0 Å². The number of rotatable bonds is 3. The van der Waals surface area contributed by atoms with Crippen LogP contribution in [-0.2, 0) is 25.3 Å². The number of methoxy groups -OCH3 is 1. The molecule has 0 unspecified atom stereocenters. The standard InChI is InChI=1S/C27H29N3O5/c1-34-25(33)29-13-7-19(8-14-29)18-2-4-20(5-3-18)26(9-10-26)24(32)30-15-11-27(17-30)22-6-12-28-16-21(22)23(31)35-27/h2-6,12,16,19H,7-11,13-15,17H2,1H3/t27-/m0/s1. The third-order valence-electron chi connectivity index (χ3n) is 8.36. The molecule has 8 nitrogen and oxygen atoms in total. The summed E-state index contributed by atoms with van der Waals surface area (Å²) in [6.45, 7) is 2.36. The van der Waals surface area contributed by atoms with Gasteiger partial charge in [-0.15, -0.1) is 0 Å². The van der Waals surface area contributed by atoms with Crippen molar-refractivity contribution >= 4 is 18.0 Å². The fourth-order valence-electron chi connectivity index (χ4n) is 6.15. The second-order valence-electron chi connectivity index (χ2n) is 10.2. The zero-order valence-electron chi connectivity index (χ0n) is 19.9. The molecule has 8 heteroatoms. The second kappa shape index (κ2) is 8.07. The molecule has 1 aromatic heterocycles. The molecule has 3 aliphatic heterocycles. The topological polar surface area (TPSA) is 89.0 Å². The van der Waals surface area contributed by atoms with Gasteiger partial charge in [0, 0.05) is 44.0 Å². The van der Waals surface area contributed by atoms with E-state index in [0.717, 1.165) is 36.8 Å². The number of esters is 1. The van der Waals surface area contributed by atoms with Gasteiger partial charge in [-0.2, -0.15) is 0 Å². The summed E-state index contributed by atoms with van der Waals surface area (Å²) >= 11 is 0. The molecule has 2 aromatic rings. The molecule has 0 bridgehead atoms. The van der Waals surface area contributed by atoms with Crippen LogP contribution in [0.2, 0.25) is 0 Å². The highest BCUT2D eigenvalue weighted by molar-refractivity contribution is 5.95. The highest BCUT2D eigenvalue weighted by atomic mass is 16.6. The van der Waals surface area contributed by atoms with Crippen LogP contribution in [0.15, 0.2) is 42.7 Å². The molecule has 1 atom stereocenters. The number of pyridine rings is 1. The second-order valence-corrected chi connectivity index (χ2v) is 10.2. The zero-order chi connectivity index (χ0) is 24.2. The maximum absolute atomic E-state index is 13.7. The van der Waals surface area contributed by atoms with Gasteiger partial charge in [-0.25, -0.2) is 9.59 Å². The van der Waals surface area contributed by atoms with Crippen LogP contribution in [0.25, 0.3) is 0 Å². The van der Waals surface area contributed by atoms with Crippen molar-refractivity contribution < 1.29 is 23.9 Å². The average molecular weight is 476 g/mol. The molecule has 182 valence electrons. The van der Waals surface area contributed by atoms with E-state index in [1.54, 1.807) is 17.3 Å². The van der Waals surface area contributed by atoms with E-state index in [1.807, 2.05) is 11.0 Å². The Morgan fingerprint density at radius 3 is 2.46 bits per heavy atom. The van der Waals surface area contributed by atoms with E-state index in [4.69, 9.17) is 9.47 Å². The number of carbonyl (C=O) groups is 3. The first-order valence-corrected chi connectivity index (χ1v) is 12.4. The molecule has 1 spiro atoms. The Labute approximate surface area is 204 Å². The molecule has 1 saturated carbocycles.